The second kappa shape index (κ2) is 50.9. The monoisotopic (exact) mass is 2050 g/mol. The van der Waals surface area contributed by atoms with Gasteiger partial charge in [-0.3, -0.25) is 39.5 Å². The lowest BCUT2D eigenvalue weighted by Gasteiger charge is -2.30. The Morgan fingerprint density at radius 3 is 1.44 bits per heavy atom. The molecule has 0 bridgehead atoms. The van der Waals surface area contributed by atoms with Crippen molar-refractivity contribution in [1.82, 2.24) is 35.1 Å². The van der Waals surface area contributed by atoms with Crippen LogP contribution in [0.15, 0.2) is 197 Å². The molecule has 0 saturated heterocycles. The van der Waals surface area contributed by atoms with Crippen LogP contribution in [0, 0.1) is 5.92 Å². The van der Waals surface area contributed by atoms with Crippen molar-refractivity contribution >= 4 is 213 Å². The van der Waals surface area contributed by atoms with E-state index in [0.29, 0.717) is 141 Å². The van der Waals surface area contributed by atoms with Crippen molar-refractivity contribution < 1.29 is 87.3 Å². The lowest BCUT2D eigenvalue weighted by atomic mass is 10.0. The highest BCUT2D eigenvalue weighted by Crippen LogP contribution is 2.40. The lowest BCUT2D eigenvalue weighted by Crippen LogP contribution is -2.41. The number of aromatic nitrogens is 4. The molecule has 32 nitrogen and oxygen atoms in total. The summed E-state index contributed by atoms with van der Waals surface area (Å²) in [6, 6.07) is 52.4. The van der Waals surface area contributed by atoms with Gasteiger partial charge >= 0.3 is 36.1 Å². The van der Waals surface area contributed by atoms with Gasteiger partial charge in [-0.2, -0.15) is 0 Å². The number of ether oxygens (including phenoxy) is 5. The second-order valence-electron chi connectivity index (χ2n) is 33.6. The van der Waals surface area contributed by atoms with Crippen LogP contribution in [-0.2, 0) is 69.1 Å². The molecule has 4 aliphatic rings. The summed E-state index contributed by atoms with van der Waals surface area (Å²) in [5, 5.41) is 47.3. The molecule has 0 fully saturated rings. The smallest absolute Gasteiger partial charge is 0.484 e. The van der Waals surface area contributed by atoms with E-state index in [1.165, 1.54) is 80.6 Å². The van der Waals surface area contributed by atoms with Gasteiger partial charge in [-0.05, 0) is 211 Å². The Morgan fingerprint density at radius 2 is 0.950 bits per heavy atom. The number of aliphatic carboxylic acids is 4. The van der Waals surface area contributed by atoms with Gasteiger partial charge in [0.15, 0.2) is 18.1 Å². The highest BCUT2D eigenvalue weighted by molar-refractivity contribution is 8.15. The minimum absolute atomic E-state index is 0.0246. The summed E-state index contributed by atoms with van der Waals surface area (Å²) in [6.45, 7) is 5.84. The number of thioether (sulfide) groups is 3. The van der Waals surface area contributed by atoms with Crippen molar-refractivity contribution in [3.8, 4) is 17.2 Å². The summed E-state index contributed by atoms with van der Waals surface area (Å²) in [6.07, 6.45) is 6.53. The molecule has 8 aromatic carbocycles. The number of halogens is 1. The second-order valence-corrected chi connectivity index (χ2v) is 41.2. The van der Waals surface area contributed by atoms with Crippen LogP contribution in [0.2, 0.25) is 5.02 Å². The van der Waals surface area contributed by atoms with E-state index in [1.807, 2.05) is 143 Å². The molecule has 5 unspecified atom stereocenters. The summed E-state index contributed by atoms with van der Waals surface area (Å²) < 4.78 is 32.5. The number of rotatable bonds is 40. The van der Waals surface area contributed by atoms with Crippen molar-refractivity contribution in [3.05, 3.63) is 240 Å². The molecule has 2 amide bonds. The van der Waals surface area contributed by atoms with Crippen LogP contribution in [-0.4, -0.2) is 220 Å². The molecule has 0 spiro atoms. The summed E-state index contributed by atoms with van der Waals surface area (Å²) >= 11 is 16.5. The van der Waals surface area contributed by atoms with Crippen LogP contribution in [0.25, 0.3) is 46.4 Å². The van der Waals surface area contributed by atoms with E-state index < -0.39 is 66.2 Å². The highest BCUT2D eigenvalue weighted by Gasteiger charge is 2.33. The number of aliphatic imine (C=N–C) groups is 3. The molecule has 0 radical (unpaired) electrons. The van der Waals surface area contributed by atoms with E-state index in [4.69, 9.17) is 62.7 Å². The van der Waals surface area contributed by atoms with Gasteiger partial charge in [-0.25, -0.2) is 43.9 Å². The molecule has 0 saturated carbocycles. The number of anilines is 1. The fourth-order valence-corrected chi connectivity index (χ4v) is 22.3. The van der Waals surface area contributed by atoms with E-state index in [1.54, 1.807) is 54.6 Å². The predicted octanol–water partition coefficient (Wildman–Crippen LogP) is 17.5. The van der Waals surface area contributed by atoms with E-state index in [9.17, 15) is 53.4 Å². The topological polar surface area (TPSA) is 478 Å². The lowest BCUT2D eigenvalue weighted by molar-refractivity contribution is -0.140. The number of allylic oxidation sites excluding steroid dienone is 1. The number of nitrogens with zero attached hydrogens (tertiary/aromatic N) is 9. The number of Topliss-reactive ketones (excluding diaryl/α,β-unsaturated/α-hetero) is 2. The predicted molar refractivity (Wildman–Crippen MR) is 555 cm³/mol. The Labute approximate surface area is 841 Å². The number of thiazole rings is 4. The van der Waals surface area contributed by atoms with E-state index >= 15 is 0 Å². The first-order valence-corrected chi connectivity index (χ1v) is 51.7. The first-order valence-electron chi connectivity index (χ1n) is 45.1. The number of benzene rings is 8. The number of carboxylic acid groups (broad SMARTS) is 4. The highest BCUT2D eigenvalue weighted by atomic mass is 35.5. The minimum atomic E-state index is -0.946. The summed E-state index contributed by atoms with van der Waals surface area (Å²) in [5.74, 6) is -1.09. The van der Waals surface area contributed by atoms with Gasteiger partial charge in [0.25, 0.3) is 0 Å². The van der Waals surface area contributed by atoms with Crippen molar-refractivity contribution in [1.29, 1.82) is 0 Å². The molecular formula is C100H107ClN14O18S7. The number of hydrogen-bond acceptors (Lipinski definition) is 33. The maximum Gasteiger partial charge on any atom is 0.514 e. The van der Waals surface area contributed by atoms with Crippen LogP contribution in [0.3, 0.4) is 0 Å². The number of ketones is 2. The molecule has 734 valence electrons. The molecule has 4 aromatic heterocycles. The third-order valence-corrected chi connectivity index (χ3v) is 30.8. The van der Waals surface area contributed by atoms with Gasteiger partial charge in [0.1, 0.15) is 89.4 Å². The van der Waals surface area contributed by atoms with Gasteiger partial charge in [-0.15, -0.1) is 80.6 Å². The SMILES string of the molecule is CC(C(Oc1ccc(COC(=O)Nc2ccc3nc(C4=N[C@@H](C(=O)O)CS4)sc3c2)cc1Cl)c1ccccc1)N(C)C.CC(C(Oc1ccc(COC(=O)Oc2ccc3nc(C4=N[C@@H](C(=O)O)CS4)sc3c2)cc1)c1ccccc1)N(C)C.NCCCC(=O)Cc1ccc2nc(C3=N[C@@H](C(=O)O)CS3)sc2c1.NCCCCC(N)C(=O)NCCCC(=O)Cc1ccc2nc(C3=C[C@@H](C(=O)O)CC3)sc2c1. The quantitative estimate of drug-likeness (QED) is 0.00978. The van der Waals surface area contributed by atoms with Crippen molar-refractivity contribution in [2.45, 2.75) is 146 Å². The molecule has 12 N–H and O–H groups in total. The maximum atomic E-state index is 12.5. The van der Waals surface area contributed by atoms with Crippen LogP contribution in [0.4, 0.5) is 15.3 Å². The van der Waals surface area contributed by atoms with Crippen LogP contribution in [0.1, 0.15) is 137 Å². The molecule has 7 heterocycles. The number of likely N-dealkylation sites (N-methyl/N-ethyl adjacent to an activating group) is 2. The van der Waals surface area contributed by atoms with Crippen LogP contribution >= 0.6 is 92.2 Å². The Kier molecular flexibility index (Phi) is 38.3. The zero-order chi connectivity index (χ0) is 99.6. The minimum Gasteiger partial charge on any atom is -0.484 e. The van der Waals surface area contributed by atoms with Crippen molar-refractivity contribution in [3.63, 3.8) is 0 Å². The third-order valence-electron chi connectivity index (χ3n) is 22.8. The van der Waals surface area contributed by atoms with E-state index in [2.05, 4.69) is 81.3 Å². The molecule has 140 heavy (non-hydrogen) atoms. The van der Waals surface area contributed by atoms with Crippen LogP contribution in [0.5, 0.6) is 17.2 Å². The molecular weight excluding hydrogens is 1950 g/mol. The number of unbranched alkanes of at least 4 members (excludes halogenated alkanes) is 1. The average Bonchev–Trinajstić information content (AvgIpc) is 1.63. The van der Waals surface area contributed by atoms with Crippen molar-refractivity contribution in [2.24, 2.45) is 38.1 Å². The van der Waals surface area contributed by atoms with Gasteiger partial charge in [0.2, 0.25) is 5.91 Å². The number of carbonyl (C=O) groups is 9. The molecule has 16 rings (SSSR count). The normalized spacial score (nSPS) is 16.5. The Morgan fingerprint density at radius 1 is 0.493 bits per heavy atom. The molecule has 9 atom stereocenters. The molecule has 3 aliphatic heterocycles. The Bertz CT molecular complexity index is 6560. The number of hydrogen-bond donors (Lipinski definition) is 9. The van der Waals surface area contributed by atoms with Crippen molar-refractivity contribution in [2.75, 3.05) is 70.4 Å². The molecule has 1 aliphatic carbocycles. The standard InChI is InChI=1S/C30H29ClN4O5S2.C30H29N3O6S2.C24H32N4O4S.C16H17N3O3S2/c1-17(35(2)3)26(19-7-5-4-6-8-19)40-24-12-9-18(13-21(24)31)15-39-30(38)32-20-10-11-22-25(14-20)42-28(33-22)27-34-23(16-41-27)29(36)37;1-18(33(2)3)26(20-7-5-4-6-8-20)38-21-11-9-19(10-12-21)16-37-30(36)39-22-13-14-23-25(15-22)41-28(31-23)27-32-24(17-40-27)29(34)35;25-10-2-1-5-19(26)22(30)27-11-3-4-18(29)12-15-6-9-20-21(13-15)33-23(28-20)16-7-8-17(14-16)24(31)32;17-5-1-2-10(20)6-9-3-4-11-13(7-9)24-15(18-11)14-19-12(8-23-14)16(21)22/h4-14,17,23,26H,15-16H2,1-3H3,(H,32,38)(H,36,37);4-15,18,24,26H,16-17H2,1-3H3,(H,34,35);6,9,13-14,17,19H,1-5,7-8,10-12,25-26H2,(H,27,30)(H,31,32);3-4,7,12H,1-2,5-6,8,17H2,(H,21,22)/t17?,23-,26?;18?,24-,26?;17-,19?;12-/m1101/s1. The number of carboxylic acids is 4. The summed E-state index contributed by atoms with van der Waals surface area (Å²) in [7, 11) is 8.07. The fraction of sp³-hybridized carbons (Fsp3) is 0.340. The number of fused-ring (bicyclic) bond motifs is 4. The number of nitrogens with one attached hydrogen (secondary N) is 2. The van der Waals surface area contributed by atoms with Gasteiger partial charge in [0.05, 0.1) is 57.8 Å². The number of carbonyl (C=O) groups excluding carboxylic acids is 5. The first kappa shape index (κ1) is 105. The van der Waals surface area contributed by atoms with E-state index in [-0.39, 0.29) is 55.0 Å². The molecule has 40 heteroatoms. The summed E-state index contributed by atoms with van der Waals surface area (Å²) in [5.41, 5.74) is 27.0. The zero-order valence-electron chi connectivity index (χ0n) is 77.4. The van der Waals surface area contributed by atoms with Gasteiger partial charge < -0.3 is 76.4 Å². The average molecular weight is 2050 g/mol. The largest absolute Gasteiger partial charge is 0.514 e. The third kappa shape index (κ3) is 29.8. The fourth-order valence-electron chi connectivity index (χ4n) is 14.7. The van der Waals surface area contributed by atoms with E-state index in [0.717, 1.165) is 109 Å². The van der Waals surface area contributed by atoms with Gasteiger partial charge in [-0.1, -0.05) is 115 Å². The first-order chi connectivity index (χ1) is 67.4. The zero-order valence-corrected chi connectivity index (χ0v) is 83.9. The van der Waals surface area contributed by atoms with Crippen LogP contribution < -0.4 is 42.0 Å². The molecule has 12 aromatic rings. The van der Waals surface area contributed by atoms with Gasteiger partial charge in [0, 0.05) is 73.3 Å². The number of nitrogens with two attached hydrogens (primary N) is 3. The Balaban J connectivity index is 0.000000160. The number of amides is 2. The summed E-state index contributed by atoms with van der Waals surface area (Å²) in [4.78, 5) is 141. The Hall–Kier alpha value is -12.0. The maximum absolute atomic E-state index is 12.5.